The highest BCUT2D eigenvalue weighted by Crippen LogP contribution is 2.46. The summed E-state index contributed by atoms with van der Waals surface area (Å²) in [5.74, 6) is -32.9. The third-order valence-electron chi connectivity index (χ3n) is 25.9. The summed E-state index contributed by atoms with van der Waals surface area (Å²) in [6.07, 6.45) is -99.5. The minimum Gasteiger partial charge on any atom is -0.477 e. The molecule has 0 aromatic heterocycles. The van der Waals surface area contributed by atoms with Crippen LogP contribution in [0.1, 0.15) is 46.5 Å². The topological polar surface area (TPSA) is 1120 Å². The average Bonchev–Trinajstić information content (AvgIpc) is 0.737. The lowest BCUT2D eigenvalue weighted by atomic mass is 9.86. The Labute approximate surface area is 837 Å². The Morgan fingerprint density at radius 3 is 1.03 bits per heavy atom. The van der Waals surface area contributed by atoms with Gasteiger partial charge in [-0.25, -0.2) is 19.2 Å². The molecule has 149 heavy (non-hydrogen) atoms. The first kappa shape index (κ1) is 125. The fourth-order valence-electron chi connectivity index (χ4n) is 18.5. The van der Waals surface area contributed by atoms with Crippen LogP contribution in [0.3, 0.4) is 0 Å². The van der Waals surface area contributed by atoms with Gasteiger partial charge in [0.1, 0.15) is 222 Å². The second kappa shape index (κ2) is 53.6. The van der Waals surface area contributed by atoms with Crippen molar-refractivity contribution in [3.05, 3.63) is 0 Å². The first-order valence-corrected chi connectivity index (χ1v) is 45.8. The van der Waals surface area contributed by atoms with Crippen molar-refractivity contribution >= 4 is 65.2 Å². The molecule has 69 heteroatoms. The van der Waals surface area contributed by atoms with Crippen molar-refractivity contribution in [1.29, 1.82) is 0 Å². The number of amides is 7. The van der Waals surface area contributed by atoms with E-state index in [-0.39, 0.29) is 0 Å². The number of rotatable bonds is 48. The smallest absolute Gasteiger partial charge is 0.364 e. The number of carbonyl (C=O) groups excluding carboxylic acids is 7. The lowest BCUT2D eigenvalue weighted by Crippen LogP contribution is -2.74. The molecule has 69 nitrogen and oxygen atoms in total. The Morgan fingerprint density at radius 2 is 0.624 bits per heavy atom. The third kappa shape index (κ3) is 28.0. The minimum atomic E-state index is -3.78. The molecule has 9 saturated heterocycles. The van der Waals surface area contributed by atoms with Crippen LogP contribution in [0.5, 0.6) is 0 Å². The second-order valence-corrected chi connectivity index (χ2v) is 36.2. The fraction of sp³-hybridized carbons (Fsp3) is 0.863. The van der Waals surface area contributed by atoms with Crippen LogP contribution in [0.2, 0.25) is 0 Å². The summed E-state index contributed by atoms with van der Waals surface area (Å²) < 4.78 is 99.4. The van der Waals surface area contributed by atoms with Crippen molar-refractivity contribution in [2.75, 3.05) is 85.9 Å². The average molecular weight is 2180 g/mol. The zero-order valence-corrected chi connectivity index (χ0v) is 78.6. The maximum atomic E-state index is 14.0. The lowest BCUT2D eigenvalue weighted by Gasteiger charge is -2.53. The van der Waals surface area contributed by atoms with E-state index in [1.54, 1.807) is 0 Å². The number of hydrogen-bond acceptors (Lipinski definition) is 58. The predicted octanol–water partition coefficient (Wildman–Crippen LogP) is -26.9. The highest BCUT2D eigenvalue weighted by atomic mass is 16.8. The van der Waals surface area contributed by atoms with Gasteiger partial charge in [-0.3, -0.25) is 33.6 Å². The second-order valence-electron chi connectivity index (χ2n) is 36.2. The number of ether oxygens (including phenoxy) is 17. The zero-order valence-electron chi connectivity index (χ0n) is 78.6. The van der Waals surface area contributed by atoms with Crippen molar-refractivity contribution in [2.24, 2.45) is 0 Å². The van der Waals surface area contributed by atoms with Crippen LogP contribution in [0.25, 0.3) is 0 Å². The summed E-state index contributed by atoms with van der Waals surface area (Å²) in [4.78, 5) is 145. The van der Waals surface area contributed by atoms with E-state index in [1.165, 1.54) is 0 Å². The standard InChI is InChI=1S/C80H129N7O62/c1-21(100)81-45-55(120)50(115)30(10-90)135-69(45)140-60-35(15-95)137-70(47(83-23(3)102)66(60)149-80(76(131)132)7-27(106)42(85-38(110)17-97)63(147-80)49(114)29(108)9-89)142-67-51(116)31(11-91)136-72(58(67)123)139-59-34(14-94)138-71(57(122)56(59)121)141-61-46(82-22(2)101)68(124)134-36(54(61)119)20-133-77(73(125)126)4-24(103)43(86-39(111)18-98)64(145-77)52(117)32(12-92)144-79(75(129)130)6-26(105)44(87-40(112)19-99)65(148-79)53(118)33(13-93)143-78(74(127)128)5-25(104)41(84-37(109)16-96)62(146-78)48(113)28(107)8-88/h24-36,41-72,88-99,103-108,113-124H,4-20H2,1-3H3,(H,81,100)(H,82,101)(H,83,102)(H,84,109)(H,85,110)(H,86,111)(H,87,112)(H,125,126)(H,127,128)(H,129,130)(H,131,132)/t24-,25-,26-,27-,28+,29+,30+,31+,32+,33+,34+,35+,36+,41+,42+,43+,44+,45+,46+,47+,48+,49+,50-,51-,52+,53+,54-,55+,56+,57+,58+,59-,60-,61+,62+,63+,64+,65+,66+,67-,68?,69-,70-,71-,72-,77+,78+,79+,80-/m0/s1. The molecule has 9 heterocycles. The Morgan fingerprint density at radius 1 is 0.302 bits per heavy atom. The summed E-state index contributed by atoms with van der Waals surface area (Å²) in [6.45, 7) is -16.2. The van der Waals surface area contributed by atoms with Gasteiger partial charge in [0.25, 0.3) is 23.1 Å². The Kier molecular flexibility index (Phi) is 44.9. The molecule has 9 aliphatic heterocycles. The molecular formula is C80H129N7O62. The highest BCUT2D eigenvalue weighted by molar-refractivity contribution is 5.81. The van der Waals surface area contributed by atoms with Crippen LogP contribution in [0.15, 0.2) is 0 Å². The summed E-state index contributed by atoms with van der Waals surface area (Å²) in [5, 5.41) is 392. The van der Waals surface area contributed by atoms with Gasteiger partial charge in [-0.05, 0) is 0 Å². The van der Waals surface area contributed by atoms with E-state index in [4.69, 9.17) is 80.5 Å². The molecule has 1 unspecified atom stereocenters. The molecule has 7 amide bonds. The van der Waals surface area contributed by atoms with Crippen LogP contribution in [0.4, 0.5) is 0 Å². The van der Waals surface area contributed by atoms with Gasteiger partial charge in [0.2, 0.25) is 41.4 Å². The Balaban J connectivity index is 0.985. The van der Waals surface area contributed by atoms with Crippen molar-refractivity contribution in [1.82, 2.24) is 37.2 Å². The Hall–Kier alpha value is -7.71. The van der Waals surface area contributed by atoms with E-state index in [1.807, 2.05) is 21.3 Å². The number of carboxylic acid groups (broad SMARTS) is 4. The molecule has 0 aromatic carbocycles. The SMILES string of the molecule is CC(=O)N[C@H]1[C@H](O[C@@H]2[C@H](O[C@]3(C(=O)O)C[C@H](O)[C@@H](NC(=O)CO)[C@H]([C@H](O)[C@H](O)CO)O3)[C@@H](NC(C)=O)[C@H](O[C@H]3[C@@H](O)[C@@H](CO)O[C@@H](O[C@@H]4[C@H](O)[C@@H](O)[C@H](O[C@H]5[C@@H](O)[C@@H](CO[C@]6(C(=O)O)C[C@H](O)[C@@H](NC(=O)CO)[C@H]([C@H](O)[C@@H](CO)O[C@]7(C(=O)O)C[C@H](O)[C@@H](NC(=O)CO)[C@H]([C@H](O)[C@@H](CO)O[C@]8(C(=O)O)C[C@H](O)[C@@H](NC(=O)CO)[C@H]([C@H](O)[C@H](O)CO)O8)O7)O6)OC(O)[C@@H]5NC(C)=O)O[C@@H]4CO)[C@@H]3O)O[C@@H]2CO)O[C@H](CO)[C@H](O)[C@@H]1O. The third-order valence-corrected chi connectivity index (χ3v) is 25.9. The van der Waals surface area contributed by atoms with E-state index in [2.05, 4.69) is 16.0 Å². The highest BCUT2D eigenvalue weighted by Gasteiger charge is 2.68. The fourth-order valence-corrected chi connectivity index (χ4v) is 18.5. The molecular weight excluding hydrogens is 2050 g/mol. The van der Waals surface area contributed by atoms with E-state index < -0.39 is 475 Å². The summed E-state index contributed by atoms with van der Waals surface area (Å²) in [5.41, 5.74) is 0. The molecule has 9 fully saturated rings. The normalized spacial score (nSPS) is 41.2. The monoisotopic (exact) mass is 2180 g/mol. The van der Waals surface area contributed by atoms with E-state index in [9.17, 15) is 226 Å². The number of nitrogens with one attached hydrogen (secondary N) is 7. The molecule has 856 valence electrons. The molecule has 0 radical (unpaired) electrons. The minimum absolute atomic E-state index is 0.775. The molecule has 49 atom stereocenters. The molecule has 0 saturated carbocycles. The molecule has 0 aromatic rings. The van der Waals surface area contributed by atoms with E-state index in [0.717, 1.165) is 20.8 Å². The first-order valence-electron chi connectivity index (χ1n) is 45.8. The predicted molar refractivity (Wildman–Crippen MR) is 453 cm³/mol. The quantitative estimate of drug-likeness (QED) is 0.0269. The number of aliphatic hydroxyl groups excluding tert-OH is 30. The number of aliphatic hydroxyl groups is 30. The van der Waals surface area contributed by atoms with Gasteiger partial charge >= 0.3 is 23.9 Å². The van der Waals surface area contributed by atoms with Crippen LogP contribution in [-0.2, 0) is 133 Å². The number of hydrogen-bond donors (Lipinski definition) is 41. The molecule has 9 aliphatic rings. The van der Waals surface area contributed by atoms with Gasteiger partial charge in [0, 0.05) is 46.5 Å². The van der Waals surface area contributed by atoms with Crippen LogP contribution >= 0.6 is 0 Å². The lowest BCUT2D eigenvalue weighted by molar-refractivity contribution is -0.395. The summed E-state index contributed by atoms with van der Waals surface area (Å²) >= 11 is 0. The van der Waals surface area contributed by atoms with Gasteiger partial charge in [-0.15, -0.1) is 0 Å². The zero-order chi connectivity index (χ0) is 111. The van der Waals surface area contributed by atoms with Gasteiger partial charge < -0.3 is 291 Å². The molecule has 0 aliphatic carbocycles. The van der Waals surface area contributed by atoms with Crippen LogP contribution in [-0.4, -0.2) is 623 Å². The van der Waals surface area contributed by atoms with Gasteiger partial charge in [-0.2, -0.15) is 0 Å². The molecule has 9 rings (SSSR count). The van der Waals surface area contributed by atoms with Gasteiger partial charge in [0.15, 0.2) is 31.5 Å². The van der Waals surface area contributed by atoms with Crippen LogP contribution < -0.4 is 37.2 Å². The van der Waals surface area contributed by atoms with Crippen molar-refractivity contribution in [2.45, 2.75) is 345 Å². The van der Waals surface area contributed by atoms with Crippen molar-refractivity contribution < 1.29 is 307 Å². The maximum absolute atomic E-state index is 14.0. The van der Waals surface area contributed by atoms with Crippen LogP contribution in [0, 0.1) is 0 Å². The maximum Gasteiger partial charge on any atom is 0.364 e. The van der Waals surface area contributed by atoms with E-state index in [0.29, 0.717) is 0 Å². The van der Waals surface area contributed by atoms with Gasteiger partial charge in [0.05, 0.1) is 108 Å². The largest absolute Gasteiger partial charge is 0.477 e. The molecule has 0 spiro atoms. The summed E-state index contributed by atoms with van der Waals surface area (Å²) in [6, 6.07) is -15.2. The number of carbonyl (C=O) groups is 11. The Bertz CT molecular complexity index is 4420. The first-order chi connectivity index (χ1) is 70.0. The molecule has 0 bridgehead atoms. The van der Waals surface area contributed by atoms with E-state index >= 15 is 0 Å². The van der Waals surface area contributed by atoms with Crippen molar-refractivity contribution in [3.63, 3.8) is 0 Å². The molecule has 41 N–H and O–H groups in total. The number of aliphatic carboxylic acids is 4. The summed E-state index contributed by atoms with van der Waals surface area (Å²) in [7, 11) is 0. The van der Waals surface area contributed by atoms with Crippen molar-refractivity contribution in [3.8, 4) is 0 Å². The number of carboxylic acids is 4. The van der Waals surface area contributed by atoms with Gasteiger partial charge in [-0.1, -0.05) is 0 Å².